The number of benzene rings is 1. The van der Waals surface area contributed by atoms with Crippen molar-refractivity contribution in [2.45, 2.75) is 44.7 Å². The van der Waals surface area contributed by atoms with Crippen LogP contribution in [0.1, 0.15) is 43.9 Å². The zero-order valence-electron chi connectivity index (χ0n) is 12.6. The number of carbonyl (C=O) groups is 1. The quantitative estimate of drug-likeness (QED) is 0.919. The van der Waals surface area contributed by atoms with Crippen LogP contribution in [-0.2, 0) is 11.2 Å². The second-order valence-corrected chi connectivity index (χ2v) is 5.95. The van der Waals surface area contributed by atoms with Crippen molar-refractivity contribution in [2.24, 2.45) is 0 Å². The highest BCUT2D eigenvalue weighted by Gasteiger charge is 2.38. The van der Waals surface area contributed by atoms with Gasteiger partial charge in [-0.3, -0.25) is 9.69 Å². The van der Waals surface area contributed by atoms with E-state index in [1.807, 2.05) is 18.0 Å². The van der Waals surface area contributed by atoms with Crippen molar-refractivity contribution in [3.8, 4) is 5.75 Å². The number of hydrogen-bond donors (Lipinski definition) is 1. The molecule has 1 atom stereocenters. The highest BCUT2D eigenvalue weighted by Crippen LogP contribution is 2.38. The van der Waals surface area contributed by atoms with Crippen molar-refractivity contribution in [2.75, 3.05) is 14.2 Å². The normalized spacial score (nSPS) is 18.8. The van der Waals surface area contributed by atoms with Gasteiger partial charge in [0.25, 0.3) is 0 Å². The third kappa shape index (κ3) is 2.52. The number of aryl methyl sites for hydroxylation is 1. The molecule has 20 heavy (non-hydrogen) atoms. The van der Waals surface area contributed by atoms with Crippen molar-refractivity contribution in [1.82, 2.24) is 4.90 Å². The average Bonchev–Trinajstić information content (AvgIpc) is 2.44. The first-order valence-corrected chi connectivity index (χ1v) is 7.01. The molecule has 0 saturated carbocycles. The van der Waals surface area contributed by atoms with Gasteiger partial charge in [-0.25, -0.2) is 0 Å². The maximum absolute atomic E-state index is 11.5. The van der Waals surface area contributed by atoms with Gasteiger partial charge in [0.05, 0.1) is 7.11 Å². The fourth-order valence-electron chi connectivity index (χ4n) is 2.83. The Bertz CT molecular complexity index is 510. The van der Waals surface area contributed by atoms with E-state index in [4.69, 9.17) is 4.74 Å². The van der Waals surface area contributed by atoms with Gasteiger partial charge in [-0.2, -0.15) is 0 Å². The fourth-order valence-corrected chi connectivity index (χ4v) is 2.83. The van der Waals surface area contributed by atoms with E-state index in [-0.39, 0.29) is 6.04 Å². The number of aliphatic carboxylic acids is 1. The number of nitrogens with zero attached hydrogens (tertiary/aromatic N) is 1. The number of ether oxygens (including phenoxy) is 1. The maximum Gasteiger partial charge on any atom is 0.323 e. The van der Waals surface area contributed by atoms with E-state index >= 15 is 0 Å². The molecule has 110 valence electrons. The van der Waals surface area contributed by atoms with Crippen molar-refractivity contribution >= 4 is 5.97 Å². The van der Waals surface area contributed by atoms with Crippen LogP contribution in [0.15, 0.2) is 18.2 Å². The van der Waals surface area contributed by atoms with Crippen LogP contribution in [0, 0.1) is 0 Å². The summed E-state index contributed by atoms with van der Waals surface area (Å²) in [6.07, 6.45) is 3.10. The lowest BCUT2D eigenvalue weighted by atomic mass is 9.84. The first-order valence-electron chi connectivity index (χ1n) is 7.01. The Morgan fingerprint density at radius 1 is 1.45 bits per heavy atom. The Kier molecular flexibility index (Phi) is 4.04. The molecule has 4 heteroatoms. The van der Waals surface area contributed by atoms with Gasteiger partial charge in [-0.05, 0) is 63.4 Å². The van der Waals surface area contributed by atoms with Crippen LogP contribution in [0.4, 0.5) is 0 Å². The molecule has 1 unspecified atom stereocenters. The van der Waals surface area contributed by atoms with Crippen molar-refractivity contribution < 1.29 is 14.6 Å². The molecule has 0 aromatic heterocycles. The lowest BCUT2D eigenvalue weighted by molar-refractivity contribution is -0.150. The minimum Gasteiger partial charge on any atom is -0.497 e. The molecule has 1 aromatic rings. The van der Waals surface area contributed by atoms with Gasteiger partial charge in [0.1, 0.15) is 11.3 Å². The van der Waals surface area contributed by atoms with E-state index in [2.05, 4.69) is 12.1 Å². The predicted octanol–water partition coefficient (Wildman–Crippen LogP) is 2.87. The molecule has 0 spiro atoms. The van der Waals surface area contributed by atoms with Gasteiger partial charge in [0.15, 0.2) is 0 Å². The van der Waals surface area contributed by atoms with Gasteiger partial charge in [-0.1, -0.05) is 6.07 Å². The smallest absolute Gasteiger partial charge is 0.323 e. The van der Waals surface area contributed by atoms with Crippen molar-refractivity contribution in [1.29, 1.82) is 0 Å². The summed E-state index contributed by atoms with van der Waals surface area (Å²) in [5.74, 6) is 0.0742. The summed E-state index contributed by atoms with van der Waals surface area (Å²) in [6, 6.07) is 6.25. The summed E-state index contributed by atoms with van der Waals surface area (Å²) >= 11 is 0. The first-order chi connectivity index (χ1) is 9.37. The SMILES string of the molecule is COc1ccc2c(c1)CCCC2N(C)C(C)(C)C(=O)O. The largest absolute Gasteiger partial charge is 0.497 e. The van der Waals surface area contributed by atoms with Crippen LogP contribution >= 0.6 is 0 Å². The number of carboxylic acids is 1. The third-order valence-electron chi connectivity index (χ3n) is 4.51. The van der Waals surface area contributed by atoms with Gasteiger partial charge in [0, 0.05) is 6.04 Å². The van der Waals surface area contributed by atoms with E-state index in [0.29, 0.717) is 0 Å². The zero-order chi connectivity index (χ0) is 14.9. The number of methoxy groups -OCH3 is 1. The third-order valence-corrected chi connectivity index (χ3v) is 4.51. The van der Waals surface area contributed by atoms with Crippen LogP contribution in [-0.4, -0.2) is 35.7 Å². The molecule has 1 aliphatic rings. The van der Waals surface area contributed by atoms with Crippen LogP contribution < -0.4 is 4.74 Å². The fraction of sp³-hybridized carbons (Fsp3) is 0.562. The Labute approximate surface area is 120 Å². The van der Waals surface area contributed by atoms with E-state index < -0.39 is 11.5 Å². The van der Waals surface area contributed by atoms with E-state index in [1.54, 1.807) is 21.0 Å². The Morgan fingerprint density at radius 3 is 2.75 bits per heavy atom. The van der Waals surface area contributed by atoms with E-state index in [1.165, 1.54) is 11.1 Å². The van der Waals surface area contributed by atoms with Gasteiger partial charge in [-0.15, -0.1) is 0 Å². The summed E-state index contributed by atoms with van der Waals surface area (Å²) in [4.78, 5) is 13.4. The molecule has 2 rings (SSSR count). The summed E-state index contributed by atoms with van der Waals surface area (Å²) in [5, 5.41) is 9.41. The lowest BCUT2D eigenvalue weighted by Crippen LogP contribution is -2.50. The van der Waals surface area contributed by atoms with Gasteiger partial charge in [0.2, 0.25) is 0 Å². The second-order valence-electron chi connectivity index (χ2n) is 5.95. The minimum absolute atomic E-state index is 0.149. The molecule has 4 nitrogen and oxygen atoms in total. The number of carboxylic acid groups (broad SMARTS) is 1. The van der Waals surface area contributed by atoms with Crippen LogP contribution in [0.2, 0.25) is 0 Å². The van der Waals surface area contributed by atoms with Crippen LogP contribution in [0.5, 0.6) is 5.75 Å². The molecule has 1 N–H and O–H groups in total. The first kappa shape index (κ1) is 14.9. The van der Waals surface area contributed by atoms with E-state index in [9.17, 15) is 9.90 Å². The summed E-state index contributed by atoms with van der Waals surface area (Å²) in [6.45, 7) is 3.51. The molecular weight excluding hydrogens is 254 g/mol. The zero-order valence-corrected chi connectivity index (χ0v) is 12.6. The maximum atomic E-state index is 11.5. The predicted molar refractivity (Wildman–Crippen MR) is 78.2 cm³/mol. The minimum atomic E-state index is -0.876. The summed E-state index contributed by atoms with van der Waals surface area (Å²) in [5.41, 5.74) is 1.63. The summed E-state index contributed by atoms with van der Waals surface area (Å²) < 4.78 is 5.27. The van der Waals surface area contributed by atoms with Crippen LogP contribution in [0.25, 0.3) is 0 Å². The van der Waals surface area contributed by atoms with Crippen molar-refractivity contribution in [3.05, 3.63) is 29.3 Å². The number of fused-ring (bicyclic) bond motifs is 1. The molecule has 0 radical (unpaired) electrons. The number of rotatable bonds is 4. The molecule has 1 aliphatic carbocycles. The molecular formula is C16H23NO3. The van der Waals surface area contributed by atoms with Crippen LogP contribution in [0.3, 0.4) is 0 Å². The second kappa shape index (κ2) is 5.44. The monoisotopic (exact) mass is 277 g/mol. The average molecular weight is 277 g/mol. The molecule has 0 bridgehead atoms. The number of likely N-dealkylation sites (N-methyl/N-ethyl adjacent to an activating group) is 1. The lowest BCUT2D eigenvalue weighted by Gasteiger charge is -2.41. The highest BCUT2D eigenvalue weighted by molar-refractivity contribution is 5.77. The summed E-state index contributed by atoms with van der Waals surface area (Å²) in [7, 11) is 3.57. The molecule has 0 amide bonds. The van der Waals surface area contributed by atoms with Gasteiger partial charge < -0.3 is 9.84 Å². The van der Waals surface area contributed by atoms with E-state index in [0.717, 1.165) is 25.0 Å². The topological polar surface area (TPSA) is 49.8 Å². The van der Waals surface area contributed by atoms with Gasteiger partial charge >= 0.3 is 5.97 Å². The highest BCUT2D eigenvalue weighted by atomic mass is 16.5. The van der Waals surface area contributed by atoms with Crippen molar-refractivity contribution in [3.63, 3.8) is 0 Å². The molecule has 1 aromatic carbocycles. The molecule has 0 fully saturated rings. The Balaban J connectivity index is 2.35. The molecule has 0 heterocycles. The standard InChI is InChI=1S/C16H23NO3/c1-16(2,15(18)19)17(3)14-7-5-6-11-10-12(20-4)8-9-13(11)14/h8-10,14H,5-7H2,1-4H3,(H,18,19). The molecule has 0 aliphatic heterocycles. The Morgan fingerprint density at radius 2 is 2.15 bits per heavy atom. The Hall–Kier alpha value is -1.55. The number of hydrogen-bond acceptors (Lipinski definition) is 3. The molecule has 0 saturated heterocycles.